The summed E-state index contributed by atoms with van der Waals surface area (Å²) >= 11 is 0. The molecule has 8 rings (SSSR count). The zero-order valence-corrected chi connectivity index (χ0v) is 21.8. The van der Waals surface area contributed by atoms with Gasteiger partial charge in [0.15, 0.2) is 5.58 Å². The second-order valence-corrected chi connectivity index (χ2v) is 11.0. The first kappa shape index (κ1) is 21.6. The van der Waals surface area contributed by atoms with Crippen molar-refractivity contribution in [1.29, 1.82) is 0 Å². The van der Waals surface area contributed by atoms with E-state index in [-0.39, 0.29) is 12.3 Å². The van der Waals surface area contributed by atoms with Gasteiger partial charge in [-0.2, -0.15) is 0 Å². The van der Waals surface area contributed by atoms with E-state index in [1.54, 1.807) is 0 Å². The molecule has 0 atom stereocenters. The molecule has 2 aliphatic heterocycles. The van der Waals surface area contributed by atoms with Gasteiger partial charge in [-0.05, 0) is 46.3 Å². The highest BCUT2D eigenvalue weighted by Gasteiger charge is 2.45. The molecule has 182 valence electrons. The van der Waals surface area contributed by atoms with Crippen molar-refractivity contribution in [2.24, 2.45) is 0 Å². The SMILES string of the molecule is CN1c2ccccc2B(N2c3ccccc3C(C)(C)c3ccc4c(oc5ccccc54)c32)c2ccccc21. The molecule has 3 heterocycles. The van der Waals surface area contributed by atoms with Crippen molar-refractivity contribution in [2.75, 3.05) is 16.8 Å². The molecular formula is C34H27BN2O. The van der Waals surface area contributed by atoms with Gasteiger partial charge in [-0.15, -0.1) is 0 Å². The van der Waals surface area contributed by atoms with Gasteiger partial charge in [-0.3, -0.25) is 0 Å². The van der Waals surface area contributed by atoms with Crippen LogP contribution < -0.4 is 20.6 Å². The van der Waals surface area contributed by atoms with E-state index in [0.29, 0.717) is 0 Å². The Bertz CT molecular complexity index is 1850. The quantitative estimate of drug-likeness (QED) is 0.226. The fraction of sp³-hybridized carbons (Fsp3) is 0.118. The summed E-state index contributed by atoms with van der Waals surface area (Å²) < 4.78 is 6.73. The first-order valence-corrected chi connectivity index (χ1v) is 13.3. The number of hydrogen-bond donors (Lipinski definition) is 0. The van der Waals surface area contributed by atoms with E-state index in [1.165, 1.54) is 44.8 Å². The normalized spacial score (nSPS) is 15.3. The summed E-state index contributed by atoms with van der Waals surface area (Å²) in [7, 11) is 2.17. The fourth-order valence-electron chi connectivity index (χ4n) is 6.89. The maximum Gasteiger partial charge on any atom is 0.332 e. The first-order valence-electron chi connectivity index (χ1n) is 13.3. The van der Waals surface area contributed by atoms with E-state index < -0.39 is 0 Å². The van der Waals surface area contributed by atoms with Crippen molar-refractivity contribution in [3.05, 3.63) is 120 Å². The van der Waals surface area contributed by atoms with Gasteiger partial charge in [-0.25, -0.2) is 0 Å². The van der Waals surface area contributed by atoms with Crippen molar-refractivity contribution in [1.82, 2.24) is 0 Å². The highest BCUT2D eigenvalue weighted by molar-refractivity contribution is 6.92. The Labute approximate surface area is 223 Å². The molecule has 6 aromatic rings. The van der Waals surface area contributed by atoms with Crippen molar-refractivity contribution in [3.8, 4) is 0 Å². The molecule has 5 aromatic carbocycles. The van der Waals surface area contributed by atoms with Crippen LogP contribution in [0.15, 0.2) is 114 Å². The van der Waals surface area contributed by atoms with Crippen LogP contribution in [0.1, 0.15) is 25.0 Å². The lowest BCUT2D eigenvalue weighted by Crippen LogP contribution is -2.60. The predicted molar refractivity (Wildman–Crippen MR) is 160 cm³/mol. The van der Waals surface area contributed by atoms with Gasteiger partial charge in [0.1, 0.15) is 5.58 Å². The van der Waals surface area contributed by atoms with Crippen LogP contribution in [0.4, 0.5) is 22.7 Å². The molecule has 0 bridgehead atoms. The summed E-state index contributed by atoms with van der Waals surface area (Å²) in [5.74, 6) is 0. The number of para-hydroxylation sites is 4. The monoisotopic (exact) mass is 490 g/mol. The molecule has 0 aliphatic carbocycles. The van der Waals surface area contributed by atoms with E-state index in [1.807, 2.05) is 0 Å². The zero-order valence-electron chi connectivity index (χ0n) is 21.8. The molecule has 0 fully saturated rings. The van der Waals surface area contributed by atoms with Crippen molar-refractivity contribution in [3.63, 3.8) is 0 Å². The minimum absolute atomic E-state index is 0.00610. The first-order chi connectivity index (χ1) is 18.6. The smallest absolute Gasteiger partial charge is 0.332 e. The van der Waals surface area contributed by atoms with Gasteiger partial charge in [-0.1, -0.05) is 98.8 Å². The molecule has 0 radical (unpaired) electrons. The molecule has 0 amide bonds. The summed E-state index contributed by atoms with van der Waals surface area (Å²) in [6.07, 6.45) is 0. The molecule has 0 saturated heterocycles. The lowest BCUT2D eigenvalue weighted by Gasteiger charge is -2.47. The summed E-state index contributed by atoms with van der Waals surface area (Å²) in [4.78, 5) is 4.88. The highest BCUT2D eigenvalue weighted by atomic mass is 16.3. The van der Waals surface area contributed by atoms with Crippen molar-refractivity contribution in [2.45, 2.75) is 19.3 Å². The number of anilines is 4. The number of furan rings is 1. The second kappa shape index (κ2) is 7.55. The van der Waals surface area contributed by atoms with Crippen molar-refractivity contribution < 1.29 is 4.42 Å². The second-order valence-electron chi connectivity index (χ2n) is 11.0. The number of rotatable bonds is 1. The lowest BCUT2D eigenvalue weighted by molar-refractivity contribution is 0.625. The number of fused-ring (bicyclic) bond motifs is 8. The Balaban J connectivity index is 1.53. The Morgan fingerprint density at radius 3 is 1.95 bits per heavy atom. The van der Waals surface area contributed by atoms with E-state index >= 15 is 0 Å². The molecule has 0 N–H and O–H groups in total. The molecule has 3 nitrogen and oxygen atoms in total. The fourth-order valence-corrected chi connectivity index (χ4v) is 6.89. The number of benzene rings is 5. The minimum atomic E-state index is -0.180. The third kappa shape index (κ3) is 2.70. The van der Waals surface area contributed by atoms with Crippen LogP contribution in [-0.2, 0) is 5.41 Å². The minimum Gasteiger partial charge on any atom is -0.454 e. The maximum atomic E-state index is 6.73. The van der Waals surface area contributed by atoms with E-state index in [4.69, 9.17) is 4.42 Å². The van der Waals surface area contributed by atoms with E-state index in [0.717, 1.165) is 21.9 Å². The van der Waals surface area contributed by atoms with Crippen LogP contribution in [0, 0.1) is 0 Å². The van der Waals surface area contributed by atoms with Crippen LogP contribution in [0.5, 0.6) is 0 Å². The predicted octanol–water partition coefficient (Wildman–Crippen LogP) is 7.25. The highest BCUT2D eigenvalue weighted by Crippen LogP contribution is 2.53. The van der Waals surface area contributed by atoms with Crippen LogP contribution in [0.25, 0.3) is 21.9 Å². The Kier molecular flexibility index (Phi) is 4.30. The van der Waals surface area contributed by atoms with Crippen molar-refractivity contribution >= 4 is 62.5 Å². The van der Waals surface area contributed by atoms with E-state index in [9.17, 15) is 0 Å². The maximum absolute atomic E-state index is 6.73. The summed E-state index contributed by atoms with van der Waals surface area (Å²) in [5, 5.41) is 2.32. The van der Waals surface area contributed by atoms with Gasteiger partial charge in [0.25, 0.3) is 0 Å². The lowest BCUT2D eigenvalue weighted by atomic mass is 9.45. The average Bonchev–Trinajstić information content (AvgIpc) is 3.34. The summed E-state index contributed by atoms with van der Waals surface area (Å²) in [6.45, 7) is 4.67. The van der Waals surface area contributed by atoms with Crippen LogP contribution in [-0.4, -0.2) is 13.9 Å². The molecular weight excluding hydrogens is 463 g/mol. The Morgan fingerprint density at radius 1 is 0.605 bits per heavy atom. The number of nitrogens with zero attached hydrogens (tertiary/aromatic N) is 2. The Hall–Kier alpha value is -4.44. The molecule has 0 saturated carbocycles. The topological polar surface area (TPSA) is 19.6 Å². The van der Waals surface area contributed by atoms with Gasteiger partial charge in [0.05, 0.1) is 5.69 Å². The van der Waals surface area contributed by atoms with Crippen LogP contribution in [0.2, 0.25) is 0 Å². The zero-order chi connectivity index (χ0) is 25.6. The van der Waals surface area contributed by atoms with Crippen LogP contribution >= 0.6 is 0 Å². The van der Waals surface area contributed by atoms with Gasteiger partial charge in [0.2, 0.25) is 0 Å². The molecule has 4 heteroatoms. The number of hydrogen-bond acceptors (Lipinski definition) is 3. The third-order valence-corrected chi connectivity index (χ3v) is 8.72. The van der Waals surface area contributed by atoms with E-state index in [2.05, 4.69) is 140 Å². The molecule has 38 heavy (non-hydrogen) atoms. The van der Waals surface area contributed by atoms with Gasteiger partial charge < -0.3 is 14.1 Å². The van der Waals surface area contributed by atoms with Crippen LogP contribution in [0.3, 0.4) is 0 Å². The molecule has 0 unspecified atom stereocenters. The third-order valence-electron chi connectivity index (χ3n) is 8.72. The standard InChI is InChI=1S/C34H27BN2O/c1-34(2)24-13-5-8-16-28(24)37(32-25(34)21-20-23-22-12-4-11-19-31(22)38-33(23)32)35-26-14-6-9-17-29(26)36(3)30-18-10-7-15-27(30)35/h4-21H,1-3H3. The summed E-state index contributed by atoms with van der Waals surface area (Å²) in [6, 6.07) is 39.5. The molecule has 0 spiro atoms. The van der Waals surface area contributed by atoms with Gasteiger partial charge in [0, 0.05) is 40.3 Å². The summed E-state index contributed by atoms with van der Waals surface area (Å²) in [5.41, 5.74) is 11.8. The average molecular weight is 490 g/mol. The molecule has 2 aliphatic rings. The molecule has 1 aromatic heterocycles. The Morgan fingerprint density at radius 2 is 1.21 bits per heavy atom. The largest absolute Gasteiger partial charge is 0.454 e. The van der Waals surface area contributed by atoms with Gasteiger partial charge >= 0.3 is 6.85 Å².